The molecule has 1 aliphatic heterocycles. The van der Waals surface area contributed by atoms with Gasteiger partial charge in [0.15, 0.2) is 0 Å². The van der Waals surface area contributed by atoms with E-state index in [1.165, 1.54) is 24.6 Å². The molecular formula is C17H21ClN2. The zero-order valence-electron chi connectivity index (χ0n) is 12.0. The smallest absolute Gasteiger partial charge is 0.133 e. The van der Waals surface area contributed by atoms with Gasteiger partial charge >= 0.3 is 0 Å². The molecule has 0 N–H and O–H groups in total. The Hall–Kier alpha value is -1.28. The molecule has 1 saturated heterocycles. The first kappa shape index (κ1) is 13.7. The predicted octanol–water partition coefficient (Wildman–Crippen LogP) is 4.60. The highest BCUT2D eigenvalue weighted by molar-refractivity contribution is 6.17. The Morgan fingerprint density at radius 3 is 3.00 bits per heavy atom. The topological polar surface area (TPSA) is 16.1 Å². The SMILES string of the molecule is CCCC1CCN(c2nc3ccccc3cc2CCl)C1. The van der Waals surface area contributed by atoms with Gasteiger partial charge in [-0.15, -0.1) is 11.6 Å². The van der Waals surface area contributed by atoms with Gasteiger partial charge in [-0.3, -0.25) is 0 Å². The number of hydrogen-bond acceptors (Lipinski definition) is 2. The monoisotopic (exact) mass is 288 g/mol. The van der Waals surface area contributed by atoms with E-state index in [2.05, 4.69) is 36.1 Å². The summed E-state index contributed by atoms with van der Waals surface area (Å²) in [5, 5.41) is 1.18. The lowest BCUT2D eigenvalue weighted by Crippen LogP contribution is -2.22. The van der Waals surface area contributed by atoms with Crippen LogP contribution in [0.3, 0.4) is 0 Å². The van der Waals surface area contributed by atoms with Crippen molar-refractivity contribution in [3.05, 3.63) is 35.9 Å². The molecule has 106 valence electrons. The molecule has 1 atom stereocenters. The lowest BCUT2D eigenvalue weighted by Gasteiger charge is -2.21. The molecule has 0 bridgehead atoms. The summed E-state index contributed by atoms with van der Waals surface area (Å²) in [6.07, 6.45) is 3.87. The summed E-state index contributed by atoms with van der Waals surface area (Å²) in [5.41, 5.74) is 2.22. The number of rotatable bonds is 4. The van der Waals surface area contributed by atoms with E-state index in [4.69, 9.17) is 16.6 Å². The van der Waals surface area contributed by atoms with E-state index in [1.54, 1.807) is 0 Å². The molecule has 0 aliphatic carbocycles. The molecule has 2 nitrogen and oxygen atoms in total. The van der Waals surface area contributed by atoms with Crippen molar-refractivity contribution in [2.75, 3.05) is 18.0 Å². The fraction of sp³-hybridized carbons (Fsp3) is 0.471. The highest BCUT2D eigenvalue weighted by atomic mass is 35.5. The number of para-hydroxylation sites is 1. The standard InChI is InChI=1S/C17H21ClN2/c1-2-5-13-8-9-20(12-13)17-15(11-18)10-14-6-3-4-7-16(14)19-17/h3-4,6-7,10,13H,2,5,8-9,11-12H2,1H3. The van der Waals surface area contributed by atoms with Crippen molar-refractivity contribution in [1.29, 1.82) is 0 Å². The summed E-state index contributed by atoms with van der Waals surface area (Å²) in [6.45, 7) is 4.50. The molecule has 0 spiro atoms. The molecule has 3 rings (SSSR count). The van der Waals surface area contributed by atoms with Gasteiger partial charge in [-0.25, -0.2) is 4.98 Å². The lowest BCUT2D eigenvalue weighted by molar-refractivity contribution is 0.529. The minimum Gasteiger partial charge on any atom is -0.356 e. The van der Waals surface area contributed by atoms with Gasteiger partial charge in [0.05, 0.1) is 11.4 Å². The number of alkyl halides is 1. The van der Waals surface area contributed by atoms with Crippen molar-refractivity contribution in [2.45, 2.75) is 32.1 Å². The van der Waals surface area contributed by atoms with Crippen LogP contribution in [0.2, 0.25) is 0 Å². The molecular weight excluding hydrogens is 268 g/mol. The number of nitrogens with zero attached hydrogens (tertiary/aromatic N) is 2. The Labute approximate surface area is 125 Å². The summed E-state index contributed by atoms with van der Waals surface area (Å²) in [5.74, 6) is 2.44. The third kappa shape index (κ3) is 2.62. The second kappa shape index (κ2) is 6.01. The normalized spacial score (nSPS) is 18.9. The maximum absolute atomic E-state index is 6.14. The Bertz CT molecular complexity index is 597. The first-order valence-corrected chi connectivity index (χ1v) is 8.05. The van der Waals surface area contributed by atoms with Gasteiger partial charge in [0, 0.05) is 24.0 Å². The van der Waals surface area contributed by atoms with Gasteiger partial charge in [0.2, 0.25) is 0 Å². The van der Waals surface area contributed by atoms with Crippen LogP contribution in [0.25, 0.3) is 10.9 Å². The molecule has 2 aromatic rings. The number of anilines is 1. The lowest BCUT2D eigenvalue weighted by atomic mass is 10.0. The molecule has 0 saturated carbocycles. The van der Waals surface area contributed by atoms with E-state index in [-0.39, 0.29) is 0 Å². The Kier molecular flexibility index (Phi) is 4.11. The average molecular weight is 289 g/mol. The van der Waals surface area contributed by atoms with Crippen LogP contribution in [0.15, 0.2) is 30.3 Å². The molecule has 20 heavy (non-hydrogen) atoms. The van der Waals surface area contributed by atoms with Gasteiger partial charge < -0.3 is 4.90 Å². The Morgan fingerprint density at radius 2 is 2.20 bits per heavy atom. The first-order valence-electron chi connectivity index (χ1n) is 7.51. The summed E-state index contributed by atoms with van der Waals surface area (Å²) >= 11 is 6.14. The first-order chi connectivity index (χ1) is 9.81. The van der Waals surface area contributed by atoms with E-state index in [0.29, 0.717) is 5.88 Å². The van der Waals surface area contributed by atoms with Gasteiger partial charge in [0.25, 0.3) is 0 Å². The van der Waals surface area contributed by atoms with Crippen LogP contribution in [0.5, 0.6) is 0 Å². The van der Waals surface area contributed by atoms with Crippen molar-refractivity contribution < 1.29 is 0 Å². The van der Waals surface area contributed by atoms with E-state index in [1.807, 2.05) is 6.07 Å². The van der Waals surface area contributed by atoms with Crippen LogP contribution >= 0.6 is 11.6 Å². The zero-order valence-corrected chi connectivity index (χ0v) is 12.7. The van der Waals surface area contributed by atoms with E-state index in [9.17, 15) is 0 Å². The fourth-order valence-corrected chi connectivity index (χ4v) is 3.39. The summed E-state index contributed by atoms with van der Waals surface area (Å²) < 4.78 is 0. The van der Waals surface area contributed by atoms with Crippen molar-refractivity contribution >= 4 is 28.3 Å². The number of benzene rings is 1. The number of aromatic nitrogens is 1. The minimum absolute atomic E-state index is 0.530. The zero-order chi connectivity index (χ0) is 13.9. The van der Waals surface area contributed by atoms with Gasteiger partial charge in [-0.1, -0.05) is 31.5 Å². The van der Waals surface area contributed by atoms with Crippen molar-refractivity contribution in [1.82, 2.24) is 4.98 Å². The summed E-state index contributed by atoms with van der Waals surface area (Å²) in [4.78, 5) is 7.29. The molecule has 3 heteroatoms. The largest absolute Gasteiger partial charge is 0.356 e. The Balaban J connectivity index is 1.94. The van der Waals surface area contributed by atoms with Crippen LogP contribution in [-0.4, -0.2) is 18.1 Å². The molecule has 1 aromatic heterocycles. The van der Waals surface area contributed by atoms with E-state index >= 15 is 0 Å². The predicted molar refractivity (Wildman–Crippen MR) is 86.5 cm³/mol. The number of hydrogen-bond donors (Lipinski definition) is 0. The molecule has 2 heterocycles. The Morgan fingerprint density at radius 1 is 1.35 bits per heavy atom. The van der Waals surface area contributed by atoms with Crippen LogP contribution in [0, 0.1) is 5.92 Å². The maximum atomic E-state index is 6.14. The van der Waals surface area contributed by atoms with Crippen LogP contribution < -0.4 is 4.90 Å². The third-order valence-corrected chi connectivity index (χ3v) is 4.49. The molecule has 0 radical (unpaired) electrons. The van der Waals surface area contributed by atoms with Crippen LogP contribution in [0.4, 0.5) is 5.82 Å². The second-order valence-electron chi connectivity index (χ2n) is 5.69. The quantitative estimate of drug-likeness (QED) is 0.764. The van der Waals surface area contributed by atoms with Crippen LogP contribution in [0.1, 0.15) is 31.7 Å². The van der Waals surface area contributed by atoms with E-state index < -0.39 is 0 Å². The minimum atomic E-state index is 0.530. The third-order valence-electron chi connectivity index (χ3n) is 4.21. The van der Waals surface area contributed by atoms with Crippen molar-refractivity contribution in [3.63, 3.8) is 0 Å². The average Bonchev–Trinajstić information content (AvgIpc) is 2.94. The molecule has 1 unspecified atom stereocenters. The van der Waals surface area contributed by atoms with Gasteiger partial charge in [0.1, 0.15) is 5.82 Å². The van der Waals surface area contributed by atoms with Crippen molar-refractivity contribution in [3.8, 4) is 0 Å². The summed E-state index contributed by atoms with van der Waals surface area (Å²) in [7, 11) is 0. The fourth-order valence-electron chi connectivity index (χ4n) is 3.19. The molecule has 1 fully saturated rings. The highest BCUT2D eigenvalue weighted by Crippen LogP contribution is 2.30. The van der Waals surface area contributed by atoms with Gasteiger partial charge in [-0.2, -0.15) is 0 Å². The number of pyridine rings is 1. The van der Waals surface area contributed by atoms with Crippen molar-refractivity contribution in [2.24, 2.45) is 5.92 Å². The molecule has 1 aromatic carbocycles. The number of halogens is 1. The van der Waals surface area contributed by atoms with Crippen LogP contribution in [-0.2, 0) is 5.88 Å². The summed E-state index contributed by atoms with van der Waals surface area (Å²) in [6, 6.07) is 10.5. The van der Waals surface area contributed by atoms with Gasteiger partial charge in [-0.05, 0) is 30.9 Å². The molecule has 0 amide bonds. The number of fused-ring (bicyclic) bond motifs is 1. The second-order valence-corrected chi connectivity index (χ2v) is 5.95. The highest BCUT2D eigenvalue weighted by Gasteiger charge is 2.24. The molecule has 1 aliphatic rings. The van der Waals surface area contributed by atoms with E-state index in [0.717, 1.165) is 35.9 Å². The maximum Gasteiger partial charge on any atom is 0.133 e.